The van der Waals surface area contributed by atoms with E-state index >= 15 is 0 Å². The normalized spacial score (nSPS) is 18.7. The molecule has 1 fully saturated rings. The molecule has 0 spiro atoms. The molecule has 108 valence electrons. The Morgan fingerprint density at radius 3 is 2.95 bits per heavy atom. The maximum atomic E-state index is 11.7. The molecule has 0 aromatic heterocycles. The number of carbonyl (C=O) groups excluding carboxylic acids is 1. The largest absolute Gasteiger partial charge is 0.469 e. The number of nitrogens with two attached hydrogens (primary N) is 1. The Morgan fingerprint density at radius 2 is 2.30 bits per heavy atom. The molecule has 1 aromatic rings. The molecule has 0 saturated carbocycles. The molecule has 1 saturated heterocycles. The van der Waals surface area contributed by atoms with Gasteiger partial charge in [-0.25, -0.2) is 0 Å². The van der Waals surface area contributed by atoms with E-state index in [1.165, 1.54) is 7.11 Å². The molecule has 2 rings (SSSR count). The van der Waals surface area contributed by atoms with Crippen molar-refractivity contribution in [3.05, 3.63) is 28.2 Å². The Morgan fingerprint density at radius 1 is 1.55 bits per heavy atom. The fourth-order valence-corrected chi connectivity index (χ4v) is 3.06. The molecular formula is C14H17BrN2O2S. The fraction of sp³-hybridized carbons (Fsp3) is 0.429. The van der Waals surface area contributed by atoms with Gasteiger partial charge in [0.15, 0.2) is 0 Å². The second-order valence-electron chi connectivity index (χ2n) is 4.83. The number of rotatable bonds is 3. The zero-order valence-corrected chi connectivity index (χ0v) is 13.7. The van der Waals surface area contributed by atoms with Gasteiger partial charge >= 0.3 is 5.97 Å². The first-order chi connectivity index (χ1) is 9.52. The summed E-state index contributed by atoms with van der Waals surface area (Å²) in [4.78, 5) is 14.2. The molecule has 0 bridgehead atoms. The molecule has 1 aromatic carbocycles. The van der Waals surface area contributed by atoms with Crippen molar-refractivity contribution in [1.29, 1.82) is 0 Å². The molecular weight excluding hydrogens is 340 g/mol. The van der Waals surface area contributed by atoms with Crippen molar-refractivity contribution < 1.29 is 9.53 Å². The Labute approximate surface area is 132 Å². The lowest BCUT2D eigenvalue weighted by atomic mass is 9.97. The molecule has 4 nitrogen and oxygen atoms in total. The van der Waals surface area contributed by atoms with E-state index in [1.807, 2.05) is 18.2 Å². The summed E-state index contributed by atoms with van der Waals surface area (Å²) in [5, 5.41) is 0. The first-order valence-corrected chi connectivity index (χ1v) is 7.65. The van der Waals surface area contributed by atoms with Crippen molar-refractivity contribution in [3.63, 3.8) is 0 Å². The number of methoxy groups -OCH3 is 1. The van der Waals surface area contributed by atoms with E-state index in [0.29, 0.717) is 11.5 Å². The minimum absolute atomic E-state index is 0.0865. The smallest absolute Gasteiger partial charge is 0.310 e. The van der Waals surface area contributed by atoms with Gasteiger partial charge in [-0.15, -0.1) is 0 Å². The fourth-order valence-electron chi connectivity index (χ4n) is 2.54. The predicted octanol–water partition coefficient (Wildman–Crippen LogP) is 2.47. The Balaban J connectivity index is 2.27. The standard InChI is InChI=1S/C14H17BrN2O2S/c1-19-14(18)9-3-2-6-17(8-9)12-5-4-10(15)7-11(12)13(16)20/h4-5,7,9H,2-3,6,8H2,1H3,(H2,16,20). The number of carbonyl (C=O) groups is 1. The third-order valence-electron chi connectivity index (χ3n) is 3.52. The molecule has 2 N–H and O–H groups in total. The zero-order chi connectivity index (χ0) is 14.7. The number of esters is 1. The van der Waals surface area contributed by atoms with Crippen molar-refractivity contribution in [1.82, 2.24) is 0 Å². The van der Waals surface area contributed by atoms with Crippen molar-refractivity contribution >= 4 is 44.8 Å². The minimum atomic E-state index is -0.149. The van der Waals surface area contributed by atoms with Gasteiger partial charge in [0.25, 0.3) is 0 Å². The van der Waals surface area contributed by atoms with Crippen LogP contribution in [-0.4, -0.2) is 31.2 Å². The van der Waals surface area contributed by atoms with Crippen LogP contribution in [0.2, 0.25) is 0 Å². The lowest BCUT2D eigenvalue weighted by Crippen LogP contribution is -2.40. The Kier molecular flexibility index (Phi) is 4.99. The van der Waals surface area contributed by atoms with Crippen molar-refractivity contribution in [3.8, 4) is 0 Å². The lowest BCUT2D eigenvalue weighted by molar-refractivity contribution is -0.145. The molecule has 0 amide bonds. The first-order valence-electron chi connectivity index (χ1n) is 6.45. The van der Waals surface area contributed by atoms with Gasteiger partial charge in [0.2, 0.25) is 0 Å². The van der Waals surface area contributed by atoms with Crippen LogP contribution in [0.4, 0.5) is 5.69 Å². The first kappa shape index (κ1) is 15.3. The second-order valence-corrected chi connectivity index (χ2v) is 6.19. The van der Waals surface area contributed by atoms with Crippen LogP contribution in [0.5, 0.6) is 0 Å². The van der Waals surface area contributed by atoms with Gasteiger partial charge in [-0.2, -0.15) is 0 Å². The summed E-state index contributed by atoms with van der Waals surface area (Å²) >= 11 is 8.55. The summed E-state index contributed by atoms with van der Waals surface area (Å²) in [7, 11) is 1.43. The highest BCUT2D eigenvalue weighted by atomic mass is 79.9. The highest BCUT2D eigenvalue weighted by Crippen LogP contribution is 2.29. The molecule has 1 aliphatic rings. The van der Waals surface area contributed by atoms with Crippen molar-refractivity contribution in [2.75, 3.05) is 25.1 Å². The number of piperidine rings is 1. The van der Waals surface area contributed by atoms with E-state index in [1.54, 1.807) is 0 Å². The average molecular weight is 357 g/mol. The third kappa shape index (κ3) is 3.30. The Bertz CT molecular complexity index is 536. The van der Waals surface area contributed by atoms with Gasteiger partial charge in [0.05, 0.1) is 13.0 Å². The van der Waals surface area contributed by atoms with Crippen LogP contribution in [0.25, 0.3) is 0 Å². The van der Waals surface area contributed by atoms with E-state index in [9.17, 15) is 4.79 Å². The summed E-state index contributed by atoms with van der Waals surface area (Å²) in [5.41, 5.74) is 7.62. The van der Waals surface area contributed by atoms with Crippen LogP contribution < -0.4 is 10.6 Å². The average Bonchev–Trinajstić information content (AvgIpc) is 2.46. The van der Waals surface area contributed by atoms with Crippen LogP contribution in [-0.2, 0) is 9.53 Å². The minimum Gasteiger partial charge on any atom is -0.469 e. The molecule has 0 radical (unpaired) electrons. The number of anilines is 1. The SMILES string of the molecule is COC(=O)C1CCCN(c2ccc(Br)cc2C(N)=S)C1. The van der Waals surface area contributed by atoms with Gasteiger partial charge in [0.1, 0.15) is 4.99 Å². The van der Waals surface area contributed by atoms with E-state index in [-0.39, 0.29) is 11.9 Å². The van der Waals surface area contributed by atoms with Gasteiger partial charge in [-0.05, 0) is 31.0 Å². The zero-order valence-electron chi connectivity index (χ0n) is 11.3. The molecule has 20 heavy (non-hydrogen) atoms. The number of ether oxygens (including phenoxy) is 1. The molecule has 1 heterocycles. The summed E-state index contributed by atoms with van der Waals surface area (Å²) < 4.78 is 5.78. The number of thiocarbonyl (C=S) groups is 1. The maximum Gasteiger partial charge on any atom is 0.310 e. The number of hydrogen-bond donors (Lipinski definition) is 1. The van der Waals surface area contributed by atoms with E-state index in [0.717, 1.165) is 35.1 Å². The summed E-state index contributed by atoms with van der Waals surface area (Å²) in [5.74, 6) is -0.236. The molecule has 0 aliphatic carbocycles. The van der Waals surface area contributed by atoms with E-state index in [2.05, 4.69) is 20.8 Å². The third-order valence-corrected chi connectivity index (χ3v) is 4.23. The topological polar surface area (TPSA) is 55.6 Å². The lowest BCUT2D eigenvalue weighted by Gasteiger charge is -2.34. The number of halogens is 1. The van der Waals surface area contributed by atoms with E-state index < -0.39 is 0 Å². The molecule has 1 unspecified atom stereocenters. The van der Waals surface area contributed by atoms with Crippen LogP contribution in [0.3, 0.4) is 0 Å². The maximum absolute atomic E-state index is 11.7. The molecule has 1 aliphatic heterocycles. The highest BCUT2D eigenvalue weighted by molar-refractivity contribution is 9.10. The van der Waals surface area contributed by atoms with Gasteiger partial charge in [0, 0.05) is 28.8 Å². The molecule has 1 atom stereocenters. The Hall–Kier alpha value is -1.14. The second kappa shape index (κ2) is 6.54. The van der Waals surface area contributed by atoms with Gasteiger partial charge in [-0.1, -0.05) is 28.1 Å². The van der Waals surface area contributed by atoms with Crippen molar-refractivity contribution in [2.45, 2.75) is 12.8 Å². The van der Waals surface area contributed by atoms with Crippen LogP contribution >= 0.6 is 28.1 Å². The van der Waals surface area contributed by atoms with Crippen LogP contribution in [0.1, 0.15) is 18.4 Å². The van der Waals surface area contributed by atoms with Crippen LogP contribution in [0, 0.1) is 5.92 Å². The quantitative estimate of drug-likeness (QED) is 0.665. The van der Waals surface area contributed by atoms with E-state index in [4.69, 9.17) is 22.7 Å². The number of benzene rings is 1. The number of hydrogen-bond acceptors (Lipinski definition) is 4. The summed E-state index contributed by atoms with van der Waals surface area (Å²) in [6, 6.07) is 5.86. The van der Waals surface area contributed by atoms with Crippen LogP contribution in [0.15, 0.2) is 22.7 Å². The monoisotopic (exact) mass is 356 g/mol. The summed E-state index contributed by atoms with van der Waals surface area (Å²) in [6.07, 6.45) is 1.81. The molecule has 6 heteroatoms. The highest BCUT2D eigenvalue weighted by Gasteiger charge is 2.27. The van der Waals surface area contributed by atoms with Crippen molar-refractivity contribution in [2.24, 2.45) is 11.7 Å². The van der Waals surface area contributed by atoms with Gasteiger partial charge in [-0.3, -0.25) is 4.79 Å². The summed E-state index contributed by atoms with van der Waals surface area (Å²) in [6.45, 7) is 1.54. The predicted molar refractivity (Wildman–Crippen MR) is 87.0 cm³/mol. The van der Waals surface area contributed by atoms with Gasteiger partial charge < -0.3 is 15.4 Å². The number of nitrogens with zero attached hydrogens (tertiary/aromatic N) is 1.